The molecule has 0 radical (unpaired) electrons. The number of likely N-dealkylation sites (N-methyl/N-ethyl adjacent to an activating group) is 1. The summed E-state index contributed by atoms with van der Waals surface area (Å²) in [4.78, 5) is 11.1. The van der Waals surface area contributed by atoms with E-state index in [4.69, 9.17) is 10.5 Å². The predicted molar refractivity (Wildman–Crippen MR) is 72.8 cm³/mol. The van der Waals surface area contributed by atoms with Crippen molar-refractivity contribution >= 4 is 11.6 Å². The Morgan fingerprint density at radius 3 is 2.67 bits per heavy atom. The minimum atomic E-state index is -0.100. The van der Waals surface area contributed by atoms with Crippen LogP contribution in [-0.4, -0.2) is 36.3 Å². The predicted octanol–water partition coefficient (Wildman–Crippen LogP) is 1.58. The van der Waals surface area contributed by atoms with Gasteiger partial charge in [-0.2, -0.15) is 0 Å². The normalized spacial score (nSPS) is 20.1. The summed E-state index contributed by atoms with van der Waals surface area (Å²) < 4.78 is 5.41. The number of nitrogen functional groups attached to an aromatic ring is 1. The molecule has 1 aliphatic rings. The molecule has 1 fully saturated rings. The molecule has 2 rings (SSSR count). The summed E-state index contributed by atoms with van der Waals surface area (Å²) in [7, 11) is 2.04. The molecule has 100 valence electrons. The fraction of sp³-hybridized carbons (Fsp3) is 0.692. The van der Waals surface area contributed by atoms with Gasteiger partial charge in [0.1, 0.15) is 17.5 Å². The number of hydrogen-bond acceptors (Lipinski definition) is 5. The number of hydrogen-bond donors (Lipinski definition) is 1. The molecule has 0 aliphatic carbocycles. The van der Waals surface area contributed by atoms with E-state index in [0.29, 0.717) is 11.9 Å². The van der Waals surface area contributed by atoms with E-state index in [0.717, 1.165) is 31.3 Å². The van der Waals surface area contributed by atoms with Gasteiger partial charge in [0.15, 0.2) is 0 Å². The number of nitrogens with two attached hydrogens (primary N) is 1. The molecule has 1 aromatic heterocycles. The van der Waals surface area contributed by atoms with E-state index >= 15 is 0 Å². The third-order valence-corrected chi connectivity index (χ3v) is 3.22. The van der Waals surface area contributed by atoms with Gasteiger partial charge in [-0.1, -0.05) is 20.8 Å². The Morgan fingerprint density at radius 1 is 1.39 bits per heavy atom. The van der Waals surface area contributed by atoms with E-state index < -0.39 is 0 Å². The molecule has 1 saturated heterocycles. The molecule has 1 aromatic rings. The third-order valence-electron chi connectivity index (χ3n) is 3.22. The molecular formula is C13H22N4O. The summed E-state index contributed by atoms with van der Waals surface area (Å²) in [5.74, 6) is 2.18. The van der Waals surface area contributed by atoms with Crippen LogP contribution >= 0.6 is 0 Å². The largest absolute Gasteiger partial charge is 0.384 e. The lowest BCUT2D eigenvalue weighted by molar-refractivity contribution is 0.193. The van der Waals surface area contributed by atoms with Crippen molar-refractivity contribution in [3.05, 3.63) is 11.9 Å². The van der Waals surface area contributed by atoms with E-state index in [-0.39, 0.29) is 5.41 Å². The molecule has 1 aliphatic heterocycles. The van der Waals surface area contributed by atoms with Crippen LogP contribution in [0.25, 0.3) is 0 Å². The summed E-state index contributed by atoms with van der Waals surface area (Å²) in [6.45, 7) is 7.84. The quantitative estimate of drug-likeness (QED) is 0.863. The first-order valence-electron chi connectivity index (χ1n) is 6.33. The number of nitrogens with zero attached hydrogens (tertiary/aromatic N) is 3. The van der Waals surface area contributed by atoms with Crippen molar-refractivity contribution in [2.75, 3.05) is 30.9 Å². The highest BCUT2D eigenvalue weighted by Gasteiger charge is 2.24. The Bertz CT molecular complexity index is 421. The molecule has 2 heterocycles. The molecule has 5 heteroatoms. The maximum Gasteiger partial charge on any atom is 0.138 e. The van der Waals surface area contributed by atoms with Crippen molar-refractivity contribution in [1.82, 2.24) is 9.97 Å². The first-order chi connectivity index (χ1) is 8.38. The number of aromatic nitrogens is 2. The van der Waals surface area contributed by atoms with Gasteiger partial charge in [0.25, 0.3) is 0 Å². The Balaban J connectivity index is 2.29. The lowest BCUT2D eigenvalue weighted by Crippen LogP contribution is -2.33. The van der Waals surface area contributed by atoms with Gasteiger partial charge in [0.05, 0.1) is 12.6 Å². The summed E-state index contributed by atoms with van der Waals surface area (Å²) in [6.07, 6.45) is 1.03. The fourth-order valence-electron chi connectivity index (χ4n) is 1.98. The maximum absolute atomic E-state index is 5.88. The van der Waals surface area contributed by atoms with E-state index in [1.165, 1.54) is 0 Å². The lowest BCUT2D eigenvalue weighted by Gasteiger charge is -2.26. The van der Waals surface area contributed by atoms with Gasteiger partial charge in [-0.05, 0) is 6.42 Å². The summed E-state index contributed by atoms with van der Waals surface area (Å²) >= 11 is 0. The van der Waals surface area contributed by atoms with Crippen molar-refractivity contribution in [2.45, 2.75) is 38.6 Å². The average molecular weight is 250 g/mol. The van der Waals surface area contributed by atoms with Crippen LogP contribution in [0.5, 0.6) is 0 Å². The van der Waals surface area contributed by atoms with Crippen LogP contribution in [0.2, 0.25) is 0 Å². The summed E-state index contributed by atoms with van der Waals surface area (Å²) in [6, 6.07) is 2.21. The molecule has 0 saturated carbocycles. The SMILES string of the molecule is CN(c1cc(N)nc(C(C)(C)C)n1)C1CCOC1. The number of anilines is 2. The molecule has 0 bridgehead atoms. The Hall–Kier alpha value is -1.36. The van der Waals surface area contributed by atoms with Crippen molar-refractivity contribution in [3.8, 4) is 0 Å². The highest BCUT2D eigenvalue weighted by molar-refractivity contribution is 5.48. The first kappa shape index (κ1) is 13.1. The van der Waals surface area contributed by atoms with Gasteiger partial charge in [-0.3, -0.25) is 0 Å². The highest BCUT2D eigenvalue weighted by atomic mass is 16.5. The van der Waals surface area contributed by atoms with Gasteiger partial charge in [-0.15, -0.1) is 0 Å². The van der Waals surface area contributed by atoms with Crippen LogP contribution in [0, 0.1) is 0 Å². The molecule has 1 atom stereocenters. The van der Waals surface area contributed by atoms with Gasteiger partial charge >= 0.3 is 0 Å². The molecule has 18 heavy (non-hydrogen) atoms. The van der Waals surface area contributed by atoms with E-state index in [1.807, 2.05) is 13.1 Å². The van der Waals surface area contributed by atoms with E-state index in [9.17, 15) is 0 Å². The van der Waals surface area contributed by atoms with E-state index in [2.05, 4.69) is 35.6 Å². The maximum atomic E-state index is 5.88. The summed E-state index contributed by atoms with van der Waals surface area (Å²) in [5, 5.41) is 0. The van der Waals surface area contributed by atoms with Gasteiger partial charge in [0.2, 0.25) is 0 Å². The van der Waals surface area contributed by atoms with Crippen LogP contribution in [0.4, 0.5) is 11.6 Å². The third kappa shape index (κ3) is 2.72. The van der Waals surface area contributed by atoms with Crippen LogP contribution in [0.15, 0.2) is 6.07 Å². The lowest BCUT2D eigenvalue weighted by atomic mass is 9.96. The van der Waals surface area contributed by atoms with E-state index in [1.54, 1.807) is 0 Å². The van der Waals surface area contributed by atoms with Crippen LogP contribution < -0.4 is 10.6 Å². The second-order valence-electron chi connectivity index (χ2n) is 5.85. The van der Waals surface area contributed by atoms with Crippen LogP contribution in [0.1, 0.15) is 33.0 Å². The fourth-order valence-corrected chi connectivity index (χ4v) is 1.98. The molecule has 0 amide bonds. The Labute approximate surface area is 108 Å². The Morgan fingerprint density at radius 2 is 2.11 bits per heavy atom. The van der Waals surface area contributed by atoms with Crippen LogP contribution in [0.3, 0.4) is 0 Å². The van der Waals surface area contributed by atoms with Crippen molar-refractivity contribution in [2.24, 2.45) is 0 Å². The topological polar surface area (TPSA) is 64.3 Å². The monoisotopic (exact) mass is 250 g/mol. The minimum absolute atomic E-state index is 0.100. The molecule has 2 N–H and O–H groups in total. The van der Waals surface area contributed by atoms with Crippen molar-refractivity contribution < 1.29 is 4.74 Å². The average Bonchev–Trinajstić information content (AvgIpc) is 2.79. The molecular weight excluding hydrogens is 228 g/mol. The Kier molecular flexibility index (Phi) is 3.43. The zero-order valence-electron chi connectivity index (χ0n) is 11.6. The standard InChI is InChI=1S/C13H22N4O/c1-13(2,3)12-15-10(14)7-11(16-12)17(4)9-5-6-18-8-9/h7,9H,5-6,8H2,1-4H3,(H2,14,15,16). The second-order valence-corrected chi connectivity index (χ2v) is 5.85. The van der Waals surface area contributed by atoms with Crippen molar-refractivity contribution in [1.29, 1.82) is 0 Å². The zero-order chi connectivity index (χ0) is 13.3. The molecule has 0 spiro atoms. The molecule has 0 aromatic carbocycles. The summed E-state index contributed by atoms with van der Waals surface area (Å²) in [5.41, 5.74) is 5.78. The van der Waals surface area contributed by atoms with Crippen molar-refractivity contribution in [3.63, 3.8) is 0 Å². The van der Waals surface area contributed by atoms with Gasteiger partial charge in [-0.25, -0.2) is 9.97 Å². The molecule has 5 nitrogen and oxygen atoms in total. The first-order valence-corrected chi connectivity index (χ1v) is 6.33. The number of ether oxygens (including phenoxy) is 1. The van der Waals surface area contributed by atoms with Gasteiger partial charge in [0, 0.05) is 25.1 Å². The zero-order valence-corrected chi connectivity index (χ0v) is 11.6. The number of rotatable bonds is 2. The van der Waals surface area contributed by atoms with Gasteiger partial charge < -0.3 is 15.4 Å². The minimum Gasteiger partial charge on any atom is -0.384 e. The molecule has 1 unspecified atom stereocenters. The second kappa shape index (κ2) is 4.72. The van der Waals surface area contributed by atoms with Crippen LogP contribution in [-0.2, 0) is 10.2 Å². The smallest absolute Gasteiger partial charge is 0.138 e. The highest BCUT2D eigenvalue weighted by Crippen LogP contribution is 2.24.